The lowest BCUT2D eigenvalue weighted by Crippen LogP contribution is -2.30. The Labute approximate surface area is 188 Å². The van der Waals surface area contributed by atoms with Crippen molar-refractivity contribution in [3.63, 3.8) is 0 Å². The molecule has 0 fully saturated rings. The molecule has 1 aliphatic rings. The third-order valence-electron chi connectivity index (χ3n) is 5.11. The summed E-state index contributed by atoms with van der Waals surface area (Å²) in [5.74, 6) is -1.18. The Bertz CT molecular complexity index is 1180. The van der Waals surface area contributed by atoms with E-state index >= 15 is 0 Å². The van der Waals surface area contributed by atoms with Gasteiger partial charge >= 0.3 is 6.18 Å². The van der Waals surface area contributed by atoms with Crippen LogP contribution in [0.3, 0.4) is 0 Å². The number of nitrogens with one attached hydrogen (secondary N) is 2. The summed E-state index contributed by atoms with van der Waals surface area (Å²) in [5, 5.41) is 15.0. The number of hydrogen-bond acceptors (Lipinski definition) is 4. The van der Waals surface area contributed by atoms with E-state index in [-0.39, 0.29) is 16.7 Å². The molecule has 3 rings (SSSR count). The van der Waals surface area contributed by atoms with Crippen molar-refractivity contribution in [2.45, 2.75) is 25.9 Å². The zero-order chi connectivity index (χ0) is 23.6. The fourth-order valence-corrected chi connectivity index (χ4v) is 3.88. The van der Waals surface area contributed by atoms with Gasteiger partial charge in [0.2, 0.25) is 0 Å². The lowest BCUT2D eigenvalue weighted by Gasteiger charge is -2.29. The molecule has 2 aromatic rings. The van der Waals surface area contributed by atoms with Crippen molar-refractivity contribution in [3.05, 3.63) is 81.2 Å². The summed E-state index contributed by atoms with van der Waals surface area (Å²) in [5.41, 5.74) is 0.603. The fraction of sp³-hybridized carbons (Fsp3) is 0.217. The number of ether oxygens (including phenoxy) is 1. The van der Waals surface area contributed by atoms with E-state index in [4.69, 9.17) is 16.3 Å². The molecule has 1 heterocycles. The van der Waals surface area contributed by atoms with Gasteiger partial charge in [0.15, 0.2) is 0 Å². The van der Waals surface area contributed by atoms with E-state index in [0.29, 0.717) is 22.8 Å². The van der Waals surface area contributed by atoms with Crippen molar-refractivity contribution in [1.82, 2.24) is 5.32 Å². The molecule has 1 unspecified atom stereocenters. The van der Waals surface area contributed by atoms with Crippen LogP contribution in [-0.2, 0) is 11.0 Å². The zero-order valence-corrected chi connectivity index (χ0v) is 18.2. The van der Waals surface area contributed by atoms with E-state index in [1.165, 1.54) is 13.2 Å². The minimum Gasteiger partial charge on any atom is -0.495 e. The second kappa shape index (κ2) is 8.97. The van der Waals surface area contributed by atoms with Crippen molar-refractivity contribution >= 4 is 23.2 Å². The summed E-state index contributed by atoms with van der Waals surface area (Å²) in [7, 11) is 1.45. The maximum Gasteiger partial charge on any atom is 0.417 e. The number of allylic oxidation sites excluding steroid dienone is 3. The lowest BCUT2D eigenvalue weighted by atomic mass is 9.80. The number of carbonyl (C=O) groups excluding carboxylic acids is 1. The van der Waals surface area contributed by atoms with Crippen LogP contribution >= 0.6 is 11.6 Å². The summed E-state index contributed by atoms with van der Waals surface area (Å²) in [6, 6.07) is 12.2. The Balaban J connectivity index is 2.13. The molecule has 166 valence electrons. The van der Waals surface area contributed by atoms with Crippen LogP contribution < -0.4 is 15.4 Å². The predicted octanol–water partition coefficient (Wildman–Crippen LogP) is 5.76. The highest BCUT2D eigenvalue weighted by molar-refractivity contribution is 6.31. The van der Waals surface area contributed by atoms with Crippen LogP contribution in [0.25, 0.3) is 0 Å². The molecule has 9 heteroatoms. The maximum absolute atomic E-state index is 13.5. The number of halogens is 4. The monoisotopic (exact) mass is 461 g/mol. The Morgan fingerprint density at radius 2 is 1.88 bits per heavy atom. The Hall–Kier alpha value is -3.44. The van der Waals surface area contributed by atoms with E-state index in [1.807, 2.05) is 6.07 Å². The molecule has 0 spiro atoms. The topological polar surface area (TPSA) is 74.2 Å². The Kier molecular flexibility index (Phi) is 6.51. The van der Waals surface area contributed by atoms with E-state index < -0.39 is 28.6 Å². The SMILES string of the molecule is COc1ccccc1NC(=O)C1=C(C)NC(C)=C(C#N)C1c1ccc(Cl)c(C(F)(F)F)c1. The van der Waals surface area contributed by atoms with Crippen LogP contribution in [0.5, 0.6) is 5.75 Å². The van der Waals surface area contributed by atoms with Crippen molar-refractivity contribution in [3.8, 4) is 11.8 Å². The minimum absolute atomic E-state index is 0.119. The quantitative estimate of drug-likeness (QED) is 0.606. The van der Waals surface area contributed by atoms with Crippen molar-refractivity contribution in [2.24, 2.45) is 0 Å². The van der Waals surface area contributed by atoms with E-state index in [9.17, 15) is 23.2 Å². The van der Waals surface area contributed by atoms with Gasteiger partial charge in [0.1, 0.15) is 5.75 Å². The highest BCUT2D eigenvalue weighted by Gasteiger charge is 2.37. The van der Waals surface area contributed by atoms with Gasteiger partial charge in [0.25, 0.3) is 5.91 Å². The number of benzene rings is 2. The van der Waals surface area contributed by atoms with Crippen LogP contribution in [0.2, 0.25) is 5.02 Å². The van der Waals surface area contributed by atoms with Gasteiger partial charge in [0, 0.05) is 17.0 Å². The van der Waals surface area contributed by atoms with Crippen molar-refractivity contribution in [1.29, 1.82) is 5.26 Å². The van der Waals surface area contributed by atoms with Crippen LogP contribution in [-0.4, -0.2) is 13.0 Å². The zero-order valence-electron chi connectivity index (χ0n) is 17.4. The summed E-state index contributed by atoms with van der Waals surface area (Å²) < 4.78 is 45.7. The molecule has 2 aromatic carbocycles. The second-order valence-corrected chi connectivity index (χ2v) is 7.55. The average molecular weight is 462 g/mol. The van der Waals surface area contributed by atoms with Crippen LogP contribution in [0, 0.1) is 11.3 Å². The molecule has 0 radical (unpaired) electrons. The summed E-state index contributed by atoms with van der Waals surface area (Å²) in [4.78, 5) is 13.3. The molecule has 1 atom stereocenters. The molecule has 1 amide bonds. The Morgan fingerprint density at radius 1 is 1.19 bits per heavy atom. The first-order valence-corrected chi connectivity index (χ1v) is 9.86. The lowest BCUT2D eigenvalue weighted by molar-refractivity contribution is -0.137. The van der Waals surface area contributed by atoms with Crippen LogP contribution in [0.1, 0.15) is 30.9 Å². The number of anilines is 1. The number of methoxy groups -OCH3 is 1. The third-order valence-corrected chi connectivity index (χ3v) is 5.44. The number of rotatable bonds is 4. The number of amides is 1. The second-order valence-electron chi connectivity index (χ2n) is 7.14. The number of hydrogen-bond donors (Lipinski definition) is 2. The van der Waals surface area contributed by atoms with Crippen molar-refractivity contribution < 1.29 is 22.7 Å². The Morgan fingerprint density at radius 3 is 2.50 bits per heavy atom. The molecule has 32 heavy (non-hydrogen) atoms. The molecule has 0 bridgehead atoms. The maximum atomic E-state index is 13.5. The number of alkyl halides is 3. The van der Waals surface area contributed by atoms with Gasteiger partial charge in [-0.3, -0.25) is 4.79 Å². The molecule has 0 saturated carbocycles. The van der Waals surface area contributed by atoms with Gasteiger partial charge in [-0.1, -0.05) is 29.8 Å². The normalized spacial score (nSPS) is 16.4. The van der Waals surface area contributed by atoms with Crippen LogP contribution in [0.4, 0.5) is 18.9 Å². The molecular formula is C23H19ClF3N3O2. The summed E-state index contributed by atoms with van der Waals surface area (Å²) >= 11 is 5.77. The molecule has 0 aromatic heterocycles. The van der Waals surface area contributed by atoms with E-state index in [1.54, 1.807) is 38.1 Å². The predicted molar refractivity (Wildman–Crippen MR) is 115 cm³/mol. The number of nitrogens with zero attached hydrogens (tertiary/aromatic N) is 1. The largest absolute Gasteiger partial charge is 0.495 e. The molecule has 1 aliphatic heterocycles. The van der Waals surface area contributed by atoms with E-state index in [0.717, 1.165) is 12.1 Å². The fourth-order valence-electron chi connectivity index (χ4n) is 3.65. The number of para-hydroxylation sites is 2. The van der Waals surface area contributed by atoms with Gasteiger partial charge < -0.3 is 15.4 Å². The summed E-state index contributed by atoms with van der Waals surface area (Å²) in [6.45, 7) is 3.26. The summed E-state index contributed by atoms with van der Waals surface area (Å²) in [6.07, 6.45) is -4.69. The van der Waals surface area contributed by atoms with Gasteiger partial charge in [-0.15, -0.1) is 0 Å². The number of dihydropyridines is 1. The van der Waals surface area contributed by atoms with E-state index in [2.05, 4.69) is 10.6 Å². The highest BCUT2D eigenvalue weighted by Crippen LogP contribution is 2.42. The molecule has 5 nitrogen and oxygen atoms in total. The van der Waals surface area contributed by atoms with Gasteiger partial charge in [0.05, 0.1) is 40.9 Å². The standard InChI is InChI=1S/C23H19ClF3N3O2/c1-12-15(11-28)21(14-8-9-17(24)16(10-14)23(25,26)27)20(13(2)29-12)22(31)30-18-6-4-5-7-19(18)32-3/h4-10,21,29H,1-3H3,(H,30,31). The molecule has 0 saturated heterocycles. The van der Waals surface area contributed by atoms with Crippen LogP contribution in [0.15, 0.2) is 65.0 Å². The van der Waals surface area contributed by atoms with Crippen molar-refractivity contribution in [2.75, 3.05) is 12.4 Å². The molecule has 2 N–H and O–H groups in total. The highest BCUT2D eigenvalue weighted by atomic mass is 35.5. The van der Waals surface area contributed by atoms with Gasteiger partial charge in [-0.2, -0.15) is 18.4 Å². The average Bonchev–Trinajstić information content (AvgIpc) is 2.73. The molecular weight excluding hydrogens is 443 g/mol. The van der Waals surface area contributed by atoms with Gasteiger partial charge in [-0.25, -0.2) is 0 Å². The minimum atomic E-state index is -4.69. The number of nitriles is 1. The van der Waals surface area contributed by atoms with Gasteiger partial charge in [-0.05, 0) is 43.7 Å². The first-order chi connectivity index (χ1) is 15.1. The third kappa shape index (κ3) is 4.43. The first-order valence-electron chi connectivity index (χ1n) is 9.48. The number of carbonyl (C=O) groups is 1. The molecule has 0 aliphatic carbocycles. The first kappa shape index (κ1) is 23.2. The smallest absolute Gasteiger partial charge is 0.417 e.